The van der Waals surface area contributed by atoms with E-state index in [0.29, 0.717) is 11.4 Å². The van der Waals surface area contributed by atoms with Gasteiger partial charge in [0.1, 0.15) is 5.76 Å². The molecule has 0 unspecified atom stereocenters. The van der Waals surface area contributed by atoms with Gasteiger partial charge in [-0.2, -0.15) is 8.42 Å². The van der Waals surface area contributed by atoms with Crippen LogP contribution in [0.15, 0.2) is 45.9 Å². The van der Waals surface area contributed by atoms with Gasteiger partial charge in [-0.1, -0.05) is 12.1 Å². The van der Waals surface area contributed by atoms with Crippen molar-refractivity contribution >= 4 is 38.3 Å². The lowest BCUT2D eigenvalue weighted by atomic mass is 10.3. The predicted molar refractivity (Wildman–Crippen MR) is 76.6 cm³/mol. The quantitative estimate of drug-likeness (QED) is 0.799. The Morgan fingerprint density at radius 2 is 1.94 bits per heavy atom. The smallest absolute Gasteiger partial charge is 0.295 e. The summed E-state index contributed by atoms with van der Waals surface area (Å²) in [5.41, 5.74) is 5.89. The van der Waals surface area contributed by atoms with Crippen LogP contribution in [-0.2, 0) is 16.6 Å². The maximum absolute atomic E-state index is 12.0. The summed E-state index contributed by atoms with van der Waals surface area (Å²) >= 11 is 2.05. The third kappa shape index (κ3) is 2.85. The van der Waals surface area contributed by atoms with Crippen molar-refractivity contribution in [2.45, 2.75) is 11.6 Å². The van der Waals surface area contributed by atoms with Gasteiger partial charge in [-0.25, -0.2) is 0 Å². The molecule has 0 saturated carbocycles. The van der Waals surface area contributed by atoms with Crippen LogP contribution >= 0.6 is 22.6 Å². The summed E-state index contributed by atoms with van der Waals surface area (Å²) in [4.78, 5) is 0. The summed E-state index contributed by atoms with van der Waals surface area (Å²) in [6.45, 7) is 0.165. The molecule has 0 bridgehead atoms. The van der Waals surface area contributed by atoms with Crippen LogP contribution in [0.5, 0.6) is 0 Å². The second-order valence-electron chi connectivity index (χ2n) is 3.51. The van der Waals surface area contributed by atoms with Crippen LogP contribution in [0.3, 0.4) is 0 Å². The van der Waals surface area contributed by atoms with E-state index in [1.807, 2.05) is 12.1 Å². The van der Waals surface area contributed by atoms with Gasteiger partial charge in [-0.3, -0.25) is 4.72 Å². The number of anilines is 1. The lowest BCUT2D eigenvalue weighted by molar-refractivity contribution is 0.417. The van der Waals surface area contributed by atoms with Crippen molar-refractivity contribution in [2.75, 3.05) is 4.72 Å². The number of halogens is 1. The van der Waals surface area contributed by atoms with Crippen molar-refractivity contribution in [3.05, 3.63) is 45.7 Å². The number of hydrogen-bond donors (Lipinski definition) is 2. The molecule has 1 aromatic heterocycles. The Labute approximate surface area is 119 Å². The summed E-state index contributed by atoms with van der Waals surface area (Å²) in [6, 6.07) is 10.0. The Balaban J connectivity index is 2.30. The fraction of sp³-hybridized carbons (Fsp3) is 0.0909. The van der Waals surface area contributed by atoms with Crippen LogP contribution in [0.1, 0.15) is 5.76 Å². The summed E-state index contributed by atoms with van der Waals surface area (Å²) < 4.78 is 32.5. The van der Waals surface area contributed by atoms with Crippen molar-refractivity contribution in [3.8, 4) is 0 Å². The van der Waals surface area contributed by atoms with Crippen molar-refractivity contribution in [2.24, 2.45) is 5.73 Å². The molecule has 0 aliphatic rings. The molecule has 0 atom stereocenters. The highest BCUT2D eigenvalue weighted by Crippen LogP contribution is 2.22. The van der Waals surface area contributed by atoms with Gasteiger partial charge in [0.05, 0.1) is 12.2 Å². The topological polar surface area (TPSA) is 85.3 Å². The molecule has 0 saturated heterocycles. The Bertz CT molecular complexity index is 652. The predicted octanol–water partition coefficient (Wildman–Crippen LogP) is 2.14. The van der Waals surface area contributed by atoms with Crippen LogP contribution in [0, 0.1) is 3.57 Å². The molecule has 5 nitrogen and oxygen atoms in total. The van der Waals surface area contributed by atoms with Gasteiger partial charge in [0.2, 0.25) is 5.09 Å². The number of furan rings is 1. The lowest BCUT2D eigenvalue weighted by Crippen LogP contribution is -2.13. The summed E-state index contributed by atoms with van der Waals surface area (Å²) in [5.74, 6) is 0.429. The highest BCUT2D eigenvalue weighted by Gasteiger charge is 2.19. The van der Waals surface area contributed by atoms with Crippen LogP contribution in [0.25, 0.3) is 0 Å². The monoisotopic (exact) mass is 378 g/mol. The Morgan fingerprint density at radius 3 is 2.56 bits per heavy atom. The Hall–Kier alpha value is -1.06. The SMILES string of the molecule is NCc1ccc(S(=O)(=O)Nc2ccccc2I)o1. The fourth-order valence-electron chi connectivity index (χ4n) is 1.35. The molecule has 1 aromatic carbocycles. The first-order valence-corrected chi connectivity index (χ1v) is 7.65. The molecule has 1 heterocycles. The molecule has 7 heteroatoms. The van der Waals surface area contributed by atoms with E-state index in [-0.39, 0.29) is 11.6 Å². The molecule has 18 heavy (non-hydrogen) atoms. The first kappa shape index (κ1) is 13.4. The first-order valence-electron chi connectivity index (χ1n) is 5.09. The van der Waals surface area contributed by atoms with E-state index in [1.165, 1.54) is 6.07 Å². The van der Waals surface area contributed by atoms with E-state index in [4.69, 9.17) is 10.2 Å². The van der Waals surface area contributed by atoms with Gasteiger partial charge < -0.3 is 10.2 Å². The van der Waals surface area contributed by atoms with Crippen LogP contribution in [-0.4, -0.2) is 8.42 Å². The summed E-state index contributed by atoms with van der Waals surface area (Å²) in [5, 5.41) is -0.136. The maximum atomic E-state index is 12.0. The van der Waals surface area contributed by atoms with E-state index in [1.54, 1.807) is 18.2 Å². The third-order valence-corrected chi connectivity index (χ3v) is 4.40. The van der Waals surface area contributed by atoms with Crippen molar-refractivity contribution in [1.82, 2.24) is 0 Å². The van der Waals surface area contributed by atoms with E-state index < -0.39 is 10.0 Å². The summed E-state index contributed by atoms with van der Waals surface area (Å²) in [7, 11) is -3.70. The van der Waals surface area contributed by atoms with Gasteiger partial charge in [-0.05, 0) is 46.9 Å². The van der Waals surface area contributed by atoms with E-state index in [2.05, 4.69) is 27.3 Å². The molecule has 0 fully saturated rings. The molecule has 0 radical (unpaired) electrons. The highest BCUT2D eigenvalue weighted by atomic mass is 127. The van der Waals surface area contributed by atoms with E-state index in [0.717, 1.165) is 3.57 Å². The van der Waals surface area contributed by atoms with Gasteiger partial charge in [0.25, 0.3) is 10.0 Å². The van der Waals surface area contributed by atoms with E-state index >= 15 is 0 Å². The number of benzene rings is 1. The van der Waals surface area contributed by atoms with Crippen molar-refractivity contribution < 1.29 is 12.8 Å². The molecule has 2 rings (SSSR count). The number of sulfonamides is 1. The van der Waals surface area contributed by atoms with Crippen LogP contribution in [0.4, 0.5) is 5.69 Å². The number of rotatable bonds is 4. The number of hydrogen-bond acceptors (Lipinski definition) is 4. The Kier molecular flexibility index (Phi) is 3.93. The van der Waals surface area contributed by atoms with Crippen molar-refractivity contribution in [1.29, 1.82) is 0 Å². The maximum Gasteiger partial charge on any atom is 0.295 e. The summed E-state index contributed by atoms with van der Waals surface area (Å²) in [6.07, 6.45) is 0. The fourth-order valence-corrected chi connectivity index (χ4v) is 3.09. The van der Waals surface area contributed by atoms with Gasteiger partial charge in [0, 0.05) is 3.57 Å². The minimum absolute atomic E-state index is 0.136. The third-order valence-electron chi connectivity index (χ3n) is 2.22. The molecule has 0 spiro atoms. The largest absolute Gasteiger partial charge is 0.446 e. The van der Waals surface area contributed by atoms with Gasteiger partial charge >= 0.3 is 0 Å². The second kappa shape index (κ2) is 5.29. The molecule has 0 aliphatic carbocycles. The Morgan fingerprint density at radius 1 is 1.22 bits per heavy atom. The molecule has 2 aromatic rings. The standard InChI is InChI=1S/C11H11IN2O3S/c12-9-3-1-2-4-10(9)14-18(15,16)11-6-5-8(7-13)17-11/h1-6,14H,7,13H2. The minimum atomic E-state index is -3.70. The molecular formula is C11H11IN2O3S. The number of nitrogens with one attached hydrogen (secondary N) is 1. The zero-order chi connectivity index (χ0) is 13.2. The first-order chi connectivity index (χ1) is 8.53. The van der Waals surface area contributed by atoms with Crippen molar-refractivity contribution in [3.63, 3.8) is 0 Å². The molecule has 3 N–H and O–H groups in total. The normalized spacial score (nSPS) is 11.4. The number of para-hydroxylation sites is 1. The van der Waals surface area contributed by atoms with Crippen LogP contribution < -0.4 is 10.5 Å². The van der Waals surface area contributed by atoms with E-state index in [9.17, 15) is 8.42 Å². The average Bonchev–Trinajstić information content (AvgIpc) is 2.81. The molecule has 0 amide bonds. The minimum Gasteiger partial charge on any atom is -0.446 e. The molecule has 0 aliphatic heterocycles. The number of nitrogens with two attached hydrogens (primary N) is 1. The zero-order valence-corrected chi connectivity index (χ0v) is 12.2. The van der Waals surface area contributed by atoms with Gasteiger partial charge in [-0.15, -0.1) is 0 Å². The highest BCUT2D eigenvalue weighted by molar-refractivity contribution is 14.1. The zero-order valence-electron chi connectivity index (χ0n) is 9.26. The second-order valence-corrected chi connectivity index (χ2v) is 6.29. The van der Waals surface area contributed by atoms with Gasteiger partial charge in [0.15, 0.2) is 0 Å². The molecular weight excluding hydrogens is 367 g/mol. The molecule has 96 valence electrons. The average molecular weight is 378 g/mol. The lowest BCUT2D eigenvalue weighted by Gasteiger charge is -2.07. The van der Waals surface area contributed by atoms with Crippen LogP contribution in [0.2, 0.25) is 0 Å².